The number of carbonyl (C=O) groups is 2. The highest BCUT2D eigenvalue weighted by atomic mass is 16.5. The third kappa shape index (κ3) is 2.76. The summed E-state index contributed by atoms with van der Waals surface area (Å²) in [5.74, 6) is -0.707. The molecule has 0 spiro atoms. The molecule has 0 fully saturated rings. The lowest BCUT2D eigenvalue weighted by atomic mass is 10.0. The Kier molecular flexibility index (Phi) is 3.57. The summed E-state index contributed by atoms with van der Waals surface area (Å²) in [6.45, 7) is 3.78. The van der Waals surface area contributed by atoms with E-state index >= 15 is 0 Å². The molecular formula is C12H18N4O3. The van der Waals surface area contributed by atoms with Crippen molar-refractivity contribution in [1.82, 2.24) is 20.6 Å². The molecule has 1 aliphatic heterocycles. The van der Waals surface area contributed by atoms with E-state index in [1.54, 1.807) is 20.2 Å². The summed E-state index contributed by atoms with van der Waals surface area (Å²) in [5.41, 5.74) is 0.838. The second kappa shape index (κ2) is 5.00. The van der Waals surface area contributed by atoms with Gasteiger partial charge in [-0.15, -0.1) is 0 Å². The van der Waals surface area contributed by atoms with Gasteiger partial charge in [-0.3, -0.25) is 10.1 Å². The van der Waals surface area contributed by atoms with Crippen LogP contribution in [-0.4, -0.2) is 40.5 Å². The largest absolute Gasteiger partial charge is 0.467 e. The Hall–Kier alpha value is -1.89. The first-order valence-corrected chi connectivity index (χ1v) is 6.09. The Labute approximate surface area is 111 Å². The number of ether oxygens (including phenoxy) is 1. The Bertz CT molecular complexity index is 495. The van der Waals surface area contributed by atoms with Gasteiger partial charge in [0.05, 0.1) is 30.9 Å². The highest BCUT2D eigenvalue weighted by Crippen LogP contribution is 2.13. The van der Waals surface area contributed by atoms with Crippen molar-refractivity contribution in [2.75, 3.05) is 7.11 Å². The number of rotatable bonds is 3. The number of nitrogens with zero attached hydrogens (tertiary/aromatic N) is 1. The molecule has 7 heteroatoms. The van der Waals surface area contributed by atoms with Crippen molar-refractivity contribution in [3.8, 4) is 0 Å². The first kappa shape index (κ1) is 13.5. The summed E-state index contributed by atoms with van der Waals surface area (Å²) in [5, 5.41) is 5.79. The van der Waals surface area contributed by atoms with Crippen LogP contribution < -0.4 is 10.6 Å². The van der Waals surface area contributed by atoms with Crippen molar-refractivity contribution in [3.05, 3.63) is 17.7 Å². The summed E-state index contributed by atoms with van der Waals surface area (Å²) in [6, 6.07) is -0.389. The maximum Gasteiger partial charge on any atom is 0.330 e. The van der Waals surface area contributed by atoms with Gasteiger partial charge in [-0.2, -0.15) is 0 Å². The molecule has 1 unspecified atom stereocenters. The van der Waals surface area contributed by atoms with E-state index in [4.69, 9.17) is 0 Å². The molecule has 0 radical (unpaired) electrons. The summed E-state index contributed by atoms with van der Waals surface area (Å²) in [6.07, 6.45) is 2.12. The second-order valence-electron chi connectivity index (χ2n) is 5.07. The fraction of sp³-hybridized carbons (Fsp3) is 0.583. The minimum atomic E-state index is -1.04. The standard InChI is InChI=1S/C12H18N4O3/c1-12(2,11(18)19-3)16-10(17)8-4-7-9(5-13-8)15-6-14-7/h6,8,13H,4-5H2,1-3H3,(H,14,15)(H,16,17). The van der Waals surface area contributed by atoms with Crippen LogP contribution in [0, 0.1) is 0 Å². The van der Waals surface area contributed by atoms with E-state index < -0.39 is 11.5 Å². The number of H-pyrrole nitrogens is 1. The van der Waals surface area contributed by atoms with E-state index in [0.29, 0.717) is 13.0 Å². The molecule has 0 aliphatic carbocycles. The van der Waals surface area contributed by atoms with Gasteiger partial charge in [0, 0.05) is 13.0 Å². The second-order valence-corrected chi connectivity index (χ2v) is 5.07. The molecule has 3 N–H and O–H groups in total. The van der Waals surface area contributed by atoms with Gasteiger partial charge in [0.15, 0.2) is 0 Å². The lowest BCUT2D eigenvalue weighted by Crippen LogP contribution is -2.57. The number of hydrogen-bond donors (Lipinski definition) is 3. The van der Waals surface area contributed by atoms with Gasteiger partial charge in [-0.1, -0.05) is 0 Å². The number of hydrogen-bond acceptors (Lipinski definition) is 5. The van der Waals surface area contributed by atoms with Crippen LogP contribution in [0.4, 0.5) is 0 Å². The van der Waals surface area contributed by atoms with Crippen LogP contribution in [-0.2, 0) is 27.3 Å². The van der Waals surface area contributed by atoms with Crippen LogP contribution >= 0.6 is 0 Å². The number of aromatic nitrogens is 2. The third-order valence-electron chi connectivity index (χ3n) is 3.18. The third-order valence-corrected chi connectivity index (χ3v) is 3.18. The minimum absolute atomic E-state index is 0.232. The molecule has 104 valence electrons. The van der Waals surface area contributed by atoms with Gasteiger partial charge in [-0.05, 0) is 13.8 Å². The van der Waals surface area contributed by atoms with E-state index in [1.165, 1.54) is 7.11 Å². The summed E-state index contributed by atoms with van der Waals surface area (Å²) in [7, 11) is 1.30. The van der Waals surface area contributed by atoms with E-state index in [-0.39, 0.29) is 11.9 Å². The lowest BCUT2D eigenvalue weighted by Gasteiger charge is -2.28. The van der Waals surface area contributed by atoms with E-state index in [2.05, 4.69) is 25.3 Å². The molecule has 0 bridgehead atoms. The maximum absolute atomic E-state index is 12.1. The predicted molar refractivity (Wildman–Crippen MR) is 67.2 cm³/mol. The number of amides is 1. The Morgan fingerprint density at radius 3 is 2.95 bits per heavy atom. The fourth-order valence-corrected chi connectivity index (χ4v) is 2.06. The molecular weight excluding hydrogens is 248 g/mol. The smallest absolute Gasteiger partial charge is 0.330 e. The molecule has 7 nitrogen and oxygen atoms in total. The predicted octanol–water partition coefficient (Wildman–Crippen LogP) is -0.508. The van der Waals surface area contributed by atoms with Crippen molar-refractivity contribution in [1.29, 1.82) is 0 Å². The van der Waals surface area contributed by atoms with Gasteiger partial charge in [0.25, 0.3) is 0 Å². The highest BCUT2D eigenvalue weighted by molar-refractivity contribution is 5.90. The SMILES string of the molecule is COC(=O)C(C)(C)NC(=O)C1Cc2nc[nH]c2CN1. The summed E-state index contributed by atoms with van der Waals surface area (Å²) in [4.78, 5) is 30.9. The molecule has 19 heavy (non-hydrogen) atoms. The van der Waals surface area contributed by atoms with Crippen LogP contribution in [0.15, 0.2) is 6.33 Å². The van der Waals surface area contributed by atoms with Gasteiger partial charge >= 0.3 is 5.97 Å². The first-order chi connectivity index (χ1) is 8.94. The zero-order valence-electron chi connectivity index (χ0n) is 11.2. The van der Waals surface area contributed by atoms with E-state index in [9.17, 15) is 9.59 Å². The Morgan fingerprint density at radius 1 is 1.53 bits per heavy atom. The van der Waals surface area contributed by atoms with Gasteiger partial charge < -0.3 is 15.0 Å². The summed E-state index contributed by atoms with van der Waals surface area (Å²) >= 11 is 0. The maximum atomic E-state index is 12.1. The lowest BCUT2D eigenvalue weighted by molar-refractivity contribution is -0.149. The molecule has 2 rings (SSSR count). The Morgan fingerprint density at radius 2 is 2.26 bits per heavy atom. The van der Waals surface area contributed by atoms with Gasteiger partial charge in [0.2, 0.25) is 5.91 Å². The number of nitrogens with one attached hydrogen (secondary N) is 3. The molecule has 1 aromatic heterocycles. The molecule has 1 aromatic rings. The number of imidazole rings is 1. The molecule has 2 heterocycles. The zero-order valence-corrected chi connectivity index (χ0v) is 11.2. The van der Waals surface area contributed by atoms with Crippen LogP contribution in [0.3, 0.4) is 0 Å². The summed E-state index contributed by atoms with van der Waals surface area (Å²) < 4.78 is 4.66. The van der Waals surface area contributed by atoms with Gasteiger partial charge in [-0.25, -0.2) is 9.78 Å². The van der Waals surface area contributed by atoms with Crippen molar-refractivity contribution >= 4 is 11.9 Å². The number of esters is 1. The normalized spacial score (nSPS) is 18.6. The number of carbonyl (C=O) groups excluding carboxylic acids is 2. The molecule has 1 aliphatic rings. The van der Waals surface area contributed by atoms with Crippen molar-refractivity contribution in [2.45, 2.75) is 38.4 Å². The van der Waals surface area contributed by atoms with E-state index in [1.807, 2.05) is 0 Å². The van der Waals surface area contributed by atoms with Crippen molar-refractivity contribution < 1.29 is 14.3 Å². The minimum Gasteiger partial charge on any atom is -0.467 e. The average molecular weight is 266 g/mol. The van der Waals surface area contributed by atoms with Gasteiger partial charge in [0.1, 0.15) is 5.54 Å². The number of fused-ring (bicyclic) bond motifs is 1. The first-order valence-electron chi connectivity index (χ1n) is 6.09. The van der Waals surface area contributed by atoms with Crippen LogP contribution in [0.2, 0.25) is 0 Å². The molecule has 0 aromatic carbocycles. The molecule has 0 saturated heterocycles. The van der Waals surface area contributed by atoms with Crippen LogP contribution in [0.1, 0.15) is 25.2 Å². The average Bonchev–Trinajstić information content (AvgIpc) is 2.84. The monoisotopic (exact) mass is 266 g/mol. The highest BCUT2D eigenvalue weighted by Gasteiger charge is 2.34. The molecule has 0 saturated carbocycles. The van der Waals surface area contributed by atoms with Crippen molar-refractivity contribution in [3.63, 3.8) is 0 Å². The quantitative estimate of drug-likeness (QED) is 0.640. The number of aromatic amines is 1. The van der Waals surface area contributed by atoms with Crippen molar-refractivity contribution in [2.24, 2.45) is 0 Å². The van der Waals surface area contributed by atoms with E-state index in [0.717, 1.165) is 11.4 Å². The van der Waals surface area contributed by atoms with Crippen LogP contribution in [0.5, 0.6) is 0 Å². The molecule has 1 atom stereocenters. The zero-order chi connectivity index (χ0) is 14.0. The molecule has 1 amide bonds. The fourth-order valence-electron chi connectivity index (χ4n) is 2.06. The number of methoxy groups -OCH3 is 1. The Balaban J connectivity index is 2.00. The topological polar surface area (TPSA) is 96.1 Å². The van der Waals surface area contributed by atoms with Crippen LogP contribution in [0.25, 0.3) is 0 Å².